The Morgan fingerprint density at radius 1 is 1.27 bits per heavy atom. The van der Waals surface area contributed by atoms with Gasteiger partial charge in [-0.2, -0.15) is 5.10 Å². The smallest absolute Gasteiger partial charge is 0.221 e. The van der Waals surface area contributed by atoms with Crippen molar-refractivity contribution in [2.24, 2.45) is 0 Å². The van der Waals surface area contributed by atoms with Crippen LogP contribution in [-0.4, -0.2) is 40.8 Å². The fourth-order valence-electron chi connectivity index (χ4n) is 3.26. The summed E-state index contributed by atoms with van der Waals surface area (Å²) in [7, 11) is 1.84. The lowest BCUT2D eigenvalue weighted by Crippen LogP contribution is -2.29. The van der Waals surface area contributed by atoms with E-state index in [2.05, 4.69) is 15.5 Å². The Labute approximate surface area is 180 Å². The number of nitrogens with one attached hydrogen (secondary N) is 2. The molecule has 0 aliphatic rings. The lowest BCUT2D eigenvalue weighted by atomic mass is 10.1. The van der Waals surface area contributed by atoms with Crippen LogP contribution < -0.4 is 10.2 Å². The summed E-state index contributed by atoms with van der Waals surface area (Å²) in [5.41, 5.74) is 2.65. The van der Waals surface area contributed by atoms with Crippen molar-refractivity contribution < 1.29 is 9.18 Å². The quantitative estimate of drug-likeness (QED) is 0.399. The zero-order valence-corrected chi connectivity index (χ0v) is 18.0. The Morgan fingerprint density at radius 3 is 2.83 bits per heavy atom. The molecule has 8 heteroatoms. The van der Waals surface area contributed by atoms with Gasteiger partial charge in [0.15, 0.2) is 10.6 Å². The predicted molar refractivity (Wildman–Crippen MR) is 119 cm³/mol. The third-order valence-electron chi connectivity index (χ3n) is 4.85. The zero-order chi connectivity index (χ0) is 21.5. The number of para-hydroxylation sites is 1. The summed E-state index contributed by atoms with van der Waals surface area (Å²) in [6, 6.07) is 14.7. The van der Waals surface area contributed by atoms with Crippen molar-refractivity contribution in [1.82, 2.24) is 20.1 Å². The average molecular weight is 428 g/mol. The first-order valence-electron chi connectivity index (χ1n) is 9.90. The lowest BCUT2D eigenvalue weighted by molar-refractivity contribution is -0.121. The molecule has 0 aliphatic carbocycles. The monoisotopic (exact) mass is 427 g/mol. The first-order valence-corrected chi connectivity index (χ1v) is 10.3. The highest BCUT2D eigenvalue weighted by Crippen LogP contribution is 2.19. The van der Waals surface area contributed by atoms with Crippen LogP contribution in [0.25, 0.3) is 11.4 Å². The summed E-state index contributed by atoms with van der Waals surface area (Å²) in [5, 5.41) is 10.0. The molecule has 0 aliphatic heterocycles. The largest absolute Gasteiger partial charge is 0.372 e. The Morgan fingerprint density at radius 2 is 2.07 bits per heavy atom. The molecule has 0 fully saturated rings. The maximum atomic E-state index is 13.8. The van der Waals surface area contributed by atoms with Crippen LogP contribution >= 0.6 is 12.2 Å². The highest BCUT2D eigenvalue weighted by atomic mass is 32.1. The lowest BCUT2D eigenvalue weighted by Gasteiger charge is -2.19. The molecule has 0 spiro atoms. The van der Waals surface area contributed by atoms with Crippen molar-refractivity contribution in [1.29, 1.82) is 0 Å². The number of aromatic nitrogens is 3. The molecule has 1 amide bonds. The molecule has 3 aromatic rings. The van der Waals surface area contributed by atoms with Gasteiger partial charge in [0.05, 0.1) is 5.69 Å². The van der Waals surface area contributed by atoms with Crippen molar-refractivity contribution >= 4 is 23.8 Å². The molecule has 1 heterocycles. The standard InChI is InChI=1S/C22H26FN5OS/c1-16-7-5-8-17(15-16)21-25-26-22(30)28(21)14-11-20(29)24-12-6-13-27(2)19-10-4-3-9-18(19)23/h3-5,7-10,15H,6,11-14H2,1-2H3,(H,24,29)(H,26,30). The van der Waals surface area contributed by atoms with Crippen LogP contribution in [0.5, 0.6) is 0 Å². The zero-order valence-electron chi connectivity index (χ0n) is 17.2. The molecule has 1 aromatic heterocycles. The molecule has 2 N–H and O–H groups in total. The first kappa shape index (κ1) is 21.7. The third-order valence-corrected chi connectivity index (χ3v) is 5.16. The van der Waals surface area contributed by atoms with Crippen LogP contribution in [0.4, 0.5) is 10.1 Å². The van der Waals surface area contributed by atoms with Gasteiger partial charge in [0.25, 0.3) is 0 Å². The van der Waals surface area contributed by atoms with Crippen LogP contribution in [0.15, 0.2) is 48.5 Å². The number of aromatic amines is 1. The second-order valence-electron chi connectivity index (χ2n) is 7.20. The number of halogens is 1. The highest BCUT2D eigenvalue weighted by molar-refractivity contribution is 7.71. The first-order chi connectivity index (χ1) is 14.5. The van der Waals surface area contributed by atoms with E-state index in [9.17, 15) is 9.18 Å². The van der Waals surface area contributed by atoms with Crippen LogP contribution in [0.1, 0.15) is 18.4 Å². The fraction of sp³-hybridized carbons (Fsp3) is 0.318. The van der Waals surface area contributed by atoms with E-state index in [4.69, 9.17) is 12.2 Å². The van der Waals surface area contributed by atoms with E-state index in [0.717, 1.165) is 23.4 Å². The maximum Gasteiger partial charge on any atom is 0.221 e. The van der Waals surface area contributed by atoms with Crippen LogP contribution in [0.3, 0.4) is 0 Å². The summed E-state index contributed by atoms with van der Waals surface area (Å²) in [4.78, 5) is 14.1. The van der Waals surface area contributed by atoms with Gasteiger partial charge in [-0.25, -0.2) is 4.39 Å². The number of H-pyrrole nitrogens is 1. The number of hydrogen-bond acceptors (Lipinski definition) is 4. The number of rotatable bonds is 9. The summed E-state index contributed by atoms with van der Waals surface area (Å²) in [5.74, 6) is 0.426. The summed E-state index contributed by atoms with van der Waals surface area (Å²) in [6.45, 7) is 3.64. The van der Waals surface area contributed by atoms with Gasteiger partial charge in [0, 0.05) is 38.7 Å². The van der Waals surface area contributed by atoms with Crippen molar-refractivity contribution in [2.75, 3.05) is 25.0 Å². The molecule has 0 radical (unpaired) electrons. The van der Waals surface area contributed by atoms with E-state index in [-0.39, 0.29) is 11.7 Å². The Hall–Kier alpha value is -3.00. The number of hydrogen-bond donors (Lipinski definition) is 2. The highest BCUT2D eigenvalue weighted by Gasteiger charge is 2.11. The summed E-state index contributed by atoms with van der Waals surface area (Å²) in [6.07, 6.45) is 1.02. The SMILES string of the molecule is Cc1cccc(-c2n[nH]c(=S)n2CCC(=O)NCCCN(C)c2ccccc2F)c1. The molecule has 0 bridgehead atoms. The second kappa shape index (κ2) is 10.2. The number of anilines is 1. The molecular weight excluding hydrogens is 401 g/mol. The molecule has 30 heavy (non-hydrogen) atoms. The van der Waals surface area contributed by atoms with Crippen LogP contribution in [0.2, 0.25) is 0 Å². The molecule has 158 valence electrons. The van der Waals surface area contributed by atoms with E-state index in [1.807, 2.05) is 53.8 Å². The number of nitrogens with zero attached hydrogens (tertiary/aromatic N) is 3. The molecule has 6 nitrogen and oxygen atoms in total. The van der Waals surface area contributed by atoms with Crippen molar-refractivity contribution in [3.8, 4) is 11.4 Å². The summed E-state index contributed by atoms with van der Waals surface area (Å²) >= 11 is 5.33. The van der Waals surface area contributed by atoms with E-state index < -0.39 is 0 Å². The second-order valence-corrected chi connectivity index (χ2v) is 7.59. The van der Waals surface area contributed by atoms with E-state index in [1.54, 1.807) is 12.1 Å². The minimum Gasteiger partial charge on any atom is -0.372 e. The van der Waals surface area contributed by atoms with Gasteiger partial charge in [0.2, 0.25) is 5.91 Å². The van der Waals surface area contributed by atoms with Gasteiger partial charge < -0.3 is 10.2 Å². The molecule has 0 atom stereocenters. The molecular formula is C22H26FN5OS. The number of carbonyl (C=O) groups excluding carboxylic acids is 1. The van der Waals surface area contributed by atoms with E-state index in [0.29, 0.717) is 36.5 Å². The van der Waals surface area contributed by atoms with Gasteiger partial charge in [-0.3, -0.25) is 14.5 Å². The molecule has 0 saturated carbocycles. The number of aryl methyl sites for hydroxylation is 1. The van der Waals surface area contributed by atoms with Gasteiger partial charge in [-0.05, 0) is 43.8 Å². The average Bonchev–Trinajstić information content (AvgIpc) is 3.10. The summed E-state index contributed by atoms with van der Waals surface area (Å²) < 4.78 is 16.1. The third kappa shape index (κ3) is 5.54. The van der Waals surface area contributed by atoms with E-state index >= 15 is 0 Å². The van der Waals surface area contributed by atoms with Gasteiger partial charge in [-0.15, -0.1) is 0 Å². The predicted octanol–water partition coefficient (Wildman–Crippen LogP) is 4.09. The van der Waals surface area contributed by atoms with Crippen molar-refractivity contribution in [3.05, 3.63) is 64.7 Å². The molecule has 0 unspecified atom stereocenters. The molecule has 2 aromatic carbocycles. The fourth-order valence-corrected chi connectivity index (χ4v) is 3.48. The Kier molecular flexibility index (Phi) is 7.35. The normalized spacial score (nSPS) is 10.8. The molecule has 0 saturated heterocycles. The van der Waals surface area contributed by atoms with Crippen LogP contribution in [0, 0.1) is 17.5 Å². The number of carbonyl (C=O) groups is 1. The van der Waals surface area contributed by atoms with E-state index in [1.165, 1.54) is 6.07 Å². The number of benzene rings is 2. The van der Waals surface area contributed by atoms with Gasteiger partial charge in [0.1, 0.15) is 5.82 Å². The minimum atomic E-state index is -0.245. The minimum absolute atomic E-state index is 0.0539. The van der Waals surface area contributed by atoms with Gasteiger partial charge in [-0.1, -0.05) is 35.9 Å². The maximum absolute atomic E-state index is 13.8. The molecule has 3 rings (SSSR count). The Bertz CT molecular complexity index is 1060. The number of amides is 1. The van der Waals surface area contributed by atoms with Crippen LogP contribution in [-0.2, 0) is 11.3 Å². The van der Waals surface area contributed by atoms with Gasteiger partial charge >= 0.3 is 0 Å². The Balaban J connectivity index is 1.47. The topological polar surface area (TPSA) is 66.0 Å². The van der Waals surface area contributed by atoms with Crippen molar-refractivity contribution in [2.45, 2.75) is 26.3 Å². The van der Waals surface area contributed by atoms with Crippen molar-refractivity contribution in [3.63, 3.8) is 0 Å².